The van der Waals surface area contributed by atoms with E-state index in [1.54, 1.807) is 45.3 Å². The Labute approximate surface area is 157 Å². The van der Waals surface area contributed by atoms with Crippen molar-refractivity contribution in [3.05, 3.63) is 53.0 Å². The molecule has 0 radical (unpaired) electrons. The summed E-state index contributed by atoms with van der Waals surface area (Å²) in [6, 6.07) is 8.28. The van der Waals surface area contributed by atoms with E-state index in [4.69, 9.17) is 14.3 Å². The Morgan fingerprint density at radius 2 is 1.81 bits per heavy atom. The van der Waals surface area contributed by atoms with Gasteiger partial charge >= 0.3 is 5.97 Å². The lowest BCUT2D eigenvalue weighted by Crippen LogP contribution is -2.25. The smallest absolute Gasteiger partial charge is 0.339 e. The minimum Gasteiger partial charge on any atom is -0.497 e. The fourth-order valence-electron chi connectivity index (χ4n) is 2.67. The van der Waals surface area contributed by atoms with Crippen LogP contribution in [0.3, 0.4) is 0 Å². The van der Waals surface area contributed by atoms with Crippen LogP contribution in [-0.4, -0.2) is 41.8 Å². The van der Waals surface area contributed by atoms with Crippen LogP contribution in [0.15, 0.2) is 34.7 Å². The topological polar surface area (TPSA) is 97.1 Å². The first-order chi connectivity index (χ1) is 12.8. The molecule has 0 atom stereocenters. The number of amides is 1. The van der Waals surface area contributed by atoms with Crippen molar-refractivity contribution in [1.82, 2.24) is 4.90 Å². The number of furan rings is 1. The van der Waals surface area contributed by atoms with E-state index in [2.05, 4.69) is 0 Å². The van der Waals surface area contributed by atoms with Crippen molar-refractivity contribution in [3.8, 4) is 5.75 Å². The molecule has 1 amide bonds. The number of hydrogen-bond donors (Lipinski definition) is 1. The number of carboxylic acids is 1. The minimum atomic E-state index is -1.06. The van der Waals surface area contributed by atoms with Crippen molar-refractivity contribution in [2.45, 2.75) is 32.7 Å². The lowest BCUT2D eigenvalue weighted by Gasteiger charge is -2.15. The molecule has 0 aliphatic heterocycles. The first kappa shape index (κ1) is 20.2. The summed E-state index contributed by atoms with van der Waals surface area (Å²) >= 11 is 0. The van der Waals surface area contributed by atoms with Gasteiger partial charge in [-0.15, -0.1) is 0 Å². The zero-order valence-corrected chi connectivity index (χ0v) is 15.7. The van der Waals surface area contributed by atoms with E-state index in [-0.39, 0.29) is 36.6 Å². The minimum absolute atomic E-state index is 0.0270. The number of aromatic carboxylic acids is 1. The van der Waals surface area contributed by atoms with Gasteiger partial charge in [0.2, 0.25) is 5.91 Å². The molecule has 27 heavy (non-hydrogen) atoms. The molecule has 0 saturated carbocycles. The van der Waals surface area contributed by atoms with E-state index in [9.17, 15) is 14.4 Å². The second-order valence-electron chi connectivity index (χ2n) is 6.24. The molecule has 2 aromatic rings. The molecule has 1 aromatic carbocycles. The number of carbonyl (C=O) groups is 3. The number of methoxy groups -OCH3 is 1. The molecular weight excluding hydrogens is 350 g/mol. The summed E-state index contributed by atoms with van der Waals surface area (Å²) < 4.78 is 10.4. The Morgan fingerprint density at radius 3 is 2.37 bits per heavy atom. The third kappa shape index (κ3) is 5.44. The molecule has 0 fully saturated rings. The lowest BCUT2D eigenvalue weighted by atomic mass is 10.1. The number of nitrogens with zero attached hydrogens (tertiary/aromatic N) is 1. The van der Waals surface area contributed by atoms with Crippen molar-refractivity contribution in [1.29, 1.82) is 0 Å². The SMILES string of the molecule is COc1ccc(C(=O)CCCC(=O)N(C)Cc2cc(C(=O)O)c(C)o2)cc1. The maximum atomic E-state index is 12.2. The lowest BCUT2D eigenvalue weighted by molar-refractivity contribution is -0.130. The van der Waals surface area contributed by atoms with Gasteiger partial charge in [0.05, 0.1) is 13.7 Å². The third-order valence-electron chi connectivity index (χ3n) is 4.22. The summed E-state index contributed by atoms with van der Waals surface area (Å²) in [5.41, 5.74) is 0.680. The highest BCUT2D eigenvalue weighted by atomic mass is 16.5. The van der Waals surface area contributed by atoms with Gasteiger partial charge in [-0.2, -0.15) is 0 Å². The van der Waals surface area contributed by atoms with Gasteiger partial charge in [0.1, 0.15) is 22.8 Å². The third-order valence-corrected chi connectivity index (χ3v) is 4.22. The van der Waals surface area contributed by atoms with E-state index >= 15 is 0 Å². The average molecular weight is 373 g/mol. The van der Waals surface area contributed by atoms with E-state index in [1.165, 1.54) is 11.0 Å². The second kappa shape index (κ2) is 9.02. The molecule has 0 saturated heterocycles. The Morgan fingerprint density at radius 1 is 1.15 bits per heavy atom. The molecule has 0 aliphatic rings. The van der Waals surface area contributed by atoms with Crippen LogP contribution < -0.4 is 4.74 Å². The summed E-state index contributed by atoms with van der Waals surface area (Å²) in [6.45, 7) is 1.75. The largest absolute Gasteiger partial charge is 0.497 e. The molecule has 1 heterocycles. The number of ketones is 1. The van der Waals surface area contributed by atoms with E-state index in [1.807, 2.05) is 0 Å². The molecule has 7 nitrogen and oxygen atoms in total. The first-order valence-corrected chi connectivity index (χ1v) is 8.55. The van der Waals surface area contributed by atoms with Crippen molar-refractivity contribution in [3.63, 3.8) is 0 Å². The fraction of sp³-hybridized carbons (Fsp3) is 0.350. The second-order valence-corrected chi connectivity index (χ2v) is 6.24. The monoisotopic (exact) mass is 373 g/mol. The number of Topliss-reactive ketones (excluding diaryl/α,β-unsaturated/α-hetero) is 1. The quantitative estimate of drug-likeness (QED) is 0.677. The number of benzene rings is 1. The predicted molar refractivity (Wildman–Crippen MR) is 98.1 cm³/mol. The molecule has 0 bridgehead atoms. The van der Waals surface area contributed by atoms with Crippen LogP contribution in [0.2, 0.25) is 0 Å². The van der Waals surface area contributed by atoms with Gasteiger partial charge in [0, 0.05) is 25.5 Å². The normalized spacial score (nSPS) is 10.5. The number of rotatable bonds is 9. The van der Waals surface area contributed by atoms with E-state index in [0.717, 1.165) is 0 Å². The highest BCUT2D eigenvalue weighted by Gasteiger charge is 2.17. The Bertz CT molecular complexity index is 821. The van der Waals surface area contributed by atoms with Crippen LogP contribution in [0.5, 0.6) is 5.75 Å². The van der Waals surface area contributed by atoms with Crippen LogP contribution in [0, 0.1) is 6.92 Å². The maximum Gasteiger partial charge on any atom is 0.339 e. The Balaban J connectivity index is 1.81. The molecule has 2 rings (SSSR count). The maximum absolute atomic E-state index is 12.2. The molecule has 1 N–H and O–H groups in total. The van der Waals surface area contributed by atoms with Crippen molar-refractivity contribution in [2.24, 2.45) is 0 Å². The predicted octanol–water partition coefficient (Wildman–Crippen LogP) is 3.31. The molecule has 0 spiro atoms. The average Bonchev–Trinajstić information content (AvgIpc) is 3.01. The molecule has 7 heteroatoms. The molecular formula is C20H23NO6. The summed E-state index contributed by atoms with van der Waals surface area (Å²) in [6.07, 6.45) is 0.935. The van der Waals surface area contributed by atoms with Gasteiger partial charge in [-0.05, 0) is 43.7 Å². The van der Waals surface area contributed by atoms with Crippen molar-refractivity contribution < 1.29 is 28.6 Å². The van der Waals surface area contributed by atoms with Gasteiger partial charge in [-0.3, -0.25) is 9.59 Å². The zero-order chi connectivity index (χ0) is 20.0. The van der Waals surface area contributed by atoms with Crippen LogP contribution >= 0.6 is 0 Å². The Kier molecular flexibility index (Phi) is 6.76. The molecule has 144 valence electrons. The van der Waals surface area contributed by atoms with Gasteiger partial charge in [0.25, 0.3) is 0 Å². The first-order valence-electron chi connectivity index (χ1n) is 8.55. The fourth-order valence-corrected chi connectivity index (χ4v) is 2.67. The van der Waals surface area contributed by atoms with Crippen LogP contribution in [-0.2, 0) is 11.3 Å². The number of aryl methyl sites for hydroxylation is 1. The van der Waals surface area contributed by atoms with Crippen molar-refractivity contribution >= 4 is 17.7 Å². The van der Waals surface area contributed by atoms with Crippen LogP contribution in [0.25, 0.3) is 0 Å². The summed E-state index contributed by atoms with van der Waals surface area (Å²) in [5, 5.41) is 9.03. The van der Waals surface area contributed by atoms with Crippen LogP contribution in [0.4, 0.5) is 0 Å². The summed E-state index contributed by atoms with van der Waals surface area (Å²) in [5.74, 6) is 0.180. The summed E-state index contributed by atoms with van der Waals surface area (Å²) in [4.78, 5) is 36.9. The number of carbonyl (C=O) groups excluding carboxylic acids is 2. The summed E-state index contributed by atoms with van der Waals surface area (Å²) in [7, 11) is 3.18. The Hall–Kier alpha value is -3.09. The highest BCUT2D eigenvalue weighted by Crippen LogP contribution is 2.17. The van der Waals surface area contributed by atoms with Crippen molar-refractivity contribution in [2.75, 3.05) is 14.2 Å². The van der Waals surface area contributed by atoms with E-state index in [0.29, 0.717) is 29.3 Å². The number of hydrogen-bond acceptors (Lipinski definition) is 5. The van der Waals surface area contributed by atoms with Gasteiger partial charge in [-0.1, -0.05) is 0 Å². The zero-order valence-electron chi connectivity index (χ0n) is 15.7. The molecule has 0 unspecified atom stereocenters. The molecule has 1 aromatic heterocycles. The highest BCUT2D eigenvalue weighted by molar-refractivity contribution is 5.96. The number of carboxylic acid groups (broad SMARTS) is 1. The van der Waals surface area contributed by atoms with Crippen LogP contribution in [0.1, 0.15) is 51.5 Å². The van der Waals surface area contributed by atoms with Gasteiger partial charge in [0.15, 0.2) is 5.78 Å². The number of ether oxygens (including phenoxy) is 1. The molecule has 0 aliphatic carbocycles. The van der Waals surface area contributed by atoms with Gasteiger partial charge < -0.3 is 19.2 Å². The standard InChI is InChI=1S/C20H23NO6/c1-13-17(20(24)25)11-16(27-13)12-21(2)19(23)6-4-5-18(22)14-7-9-15(26-3)10-8-14/h7-11H,4-6,12H2,1-3H3,(H,24,25). The van der Waals surface area contributed by atoms with Gasteiger partial charge in [-0.25, -0.2) is 4.79 Å². The van der Waals surface area contributed by atoms with E-state index < -0.39 is 5.97 Å².